The van der Waals surface area contributed by atoms with Gasteiger partial charge in [0.2, 0.25) is 0 Å². The van der Waals surface area contributed by atoms with E-state index in [9.17, 15) is 0 Å². The van der Waals surface area contributed by atoms with Gasteiger partial charge in [0, 0.05) is 12.0 Å². The number of nitrogens with one attached hydrogen (secondary N) is 1. The van der Waals surface area contributed by atoms with Crippen LogP contribution in [0.1, 0.15) is 58.9 Å². The van der Waals surface area contributed by atoms with Crippen molar-refractivity contribution in [1.29, 1.82) is 0 Å². The van der Waals surface area contributed by atoms with Gasteiger partial charge < -0.3 is 5.32 Å². The van der Waals surface area contributed by atoms with Crippen LogP contribution < -0.4 is 5.32 Å². The highest BCUT2D eigenvalue weighted by atomic mass is 14.9. The summed E-state index contributed by atoms with van der Waals surface area (Å²) in [7, 11) is 0. The fourth-order valence-corrected chi connectivity index (χ4v) is 2.78. The molecule has 1 aromatic carbocycles. The predicted octanol–water partition coefficient (Wildman–Crippen LogP) is 5.15. The summed E-state index contributed by atoms with van der Waals surface area (Å²) in [5.41, 5.74) is 2.84. The molecule has 1 nitrogen and oxygen atoms in total. The summed E-state index contributed by atoms with van der Waals surface area (Å²) in [6.07, 6.45) is 4.79. The molecule has 0 aromatic heterocycles. The summed E-state index contributed by atoms with van der Waals surface area (Å²) in [6.45, 7) is 12.4. The molecule has 1 aromatic rings. The monoisotopic (exact) mass is 273 g/mol. The Bertz CT molecular complexity index is 389. The van der Waals surface area contributed by atoms with Gasteiger partial charge in [-0.2, -0.15) is 0 Å². The van der Waals surface area contributed by atoms with Gasteiger partial charge in [0.25, 0.3) is 0 Å². The topological polar surface area (TPSA) is 12.0 Å². The number of allylic oxidation sites excluding steroid dienone is 1. The Hall–Kier alpha value is -1.08. The Labute approximate surface area is 125 Å². The van der Waals surface area contributed by atoms with Crippen molar-refractivity contribution in [1.82, 2.24) is 5.32 Å². The van der Waals surface area contributed by atoms with Crippen LogP contribution in [0, 0.1) is 5.92 Å². The van der Waals surface area contributed by atoms with Crippen molar-refractivity contribution in [2.75, 3.05) is 6.54 Å². The summed E-state index contributed by atoms with van der Waals surface area (Å²) in [4.78, 5) is 0. The quantitative estimate of drug-likeness (QED) is 0.646. The van der Waals surface area contributed by atoms with Crippen LogP contribution in [-0.2, 0) is 0 Å². The van der Waals surface area contributed by atoms with Crippen molar-refractivity contribution in [2.24, 2.45) is 5.92 Å². The minimum Gasteiger partial charge on any atom is -0.310 e. The number of rotatable bonds is 8. The minimum atomic E-state index is 0.428. The molecule has 0 aliphatic rings. The van der Waals surface area contributed by atoms with Crippen molar-refractivity contribution >= 4 is 0 Å². The van der Waals surface area contributed by atoms with E-state index in [2.05, 4.69) is 76.3 Å². The van der Waals surface area contributed by atoms with E-state index in [0.717, 1.165) is 6.54 Å². The van der Waals surface area contributed by atoms with Crippen molar-refractivity contribution < 1.29 is 0 Å². The Morgan fingerprint density at radius 3 is 2.30 bits per heavy atom. The Morgan fingerprint density at radius 1 is 1.15 bits per heavy atom. The van der Waals surface area contributed by atoms with Gasteiger partial charge in [-0.25, -0.2) is 0 Å². The third kappa shape index (κ3) is 5.13. The average Bonchev–Trinajstić information content (AvgIpc) is 2.45. The fourth-order valence-electron chi connectivity index (χ4n) is 2.78. The molecule has 0 aliphatic heterocycles. The van der Waals surface area contributed by atoms with E-state index in [1.165, 1.54) is 24.0 Å². The molecule has 0 saturated heterocycles. The van der Waals surface area contributed by atoms with Crippen molar-refractivity contribution in [2.45, 2.75) is 59.4 Å². The Morgan fingerprint density at radius 2 is 1.80 bits per heavy atom. The van der Waals surface area contributed by atoms with Gasteiger partial charge in [-0.1, -0.05) is 69.2 Å². The predicted molar refractivity (Wildman–Crippen MR) is 90.2 cm³/mol. The zero-order valence-corrected chi connectivity index (χ0v) is 13.8. The third-order valence-electron chi connectivity index (χ3n) is 3.97. The zero-order valence-electron chi connectivity index (χ0n) is 13.8. The summed E-state index contributed by atoms with van der Waals surface area (Å²) in [5.74, 6) is 1.21. The molecule has 1 rings (SSSR count). The highest BCUT2D eigenvalue weighted by Gasteiger charge is 2.25. The first-order chi connectivity index (χ1) is 9.60. The second kappa shape index (κ2) is 8.97. The molecule has 0 saturated carbocycles. The van der Waals surface area contributed by atoms with Gasteiger partial charge in [0.15, 0.2) is 0 Å². The van der Waals surface area contributed by atoms with E-state index < -0.39 is 0 Å². The smallest absolute Gasteiger partial charge is 0.0323 e. The maximum Gasteiger partial charge on any atom is 0.0323 e. The normalized spacial score (nSPS) is 15.4. The number of hydrogen-bond acceptors (Lipinski definition) is 1. The van der Waals surface area contributed by atoms with Gasteiger partial charge in [-0.3, -0.25) is 0 Å². The Kier molecular flexibility index (Phi) is 7.61. The van der Waals surface area contributed by atoms with Gasteiger partial charge in [-0.15, -0.1) is 0 Å². The van der Waals surface area contributed by atoms with Crippen LogP contribution in [-0.4, -0.2) is 12.6 Å². The average molecular weight is 273 g/mol. The SMILES string of the molecule is CCCNC(C=C(C)C)C(c1ccccc1)C(C)CC. The molecule has 1 N–H and O–H groups in total. The highest BCUT2D eigenvalue weighted by molar-refractivity contribution is 5.25. The van der Waals surface area contributed by atoms with Crippen molar-refractivity contribution in [3.05, 3.63) is 47.5 Å². The lowest BCUT2D eigenvalue weighted by Crippen LogP contribution is -2.37. The molecule has 0 fully saturated rings. The largest absolute Gasteiger partial charge is 0.310 e. The molecule has 0 radical (unpaired) electrons. The third-order valence-corrected chi connectivity index (χ3v) is 3.97. The van der Waals surface area contributed by atoms with Crippen LogP contribution >= 0.6 is 0 Å². The standard InChI is InChI=1S/C19H31N/c1-6-13-20-18(14-15(3)4)19(16(5)7-2)17-11-9-8-10-12-17/h8-12,14,16,18-20H,6-7,13H2,1-5H3. The molecule has 1 heteroatoms. The molecule has 0 spiro atoms. The molecule has 0 heterocycles. The second-order valence-electron chi connectivity index (χ2n) is 6.05. The van der Waals surface area contributed by atoms with E-state index in [-0.39, 0.29) is 0 Å². The molecule has 3 unspecified atom stereocenters. The lowest BCUT2D eigenvalue weighted by molar-refractivity contribution is 0.372. The van der Waals surface area contributed by atoms with E-state index in [4.69, 9.17) is 0 Å². The zero-order chi connectivity index (χ0) is 15.0. The molecule has 20 heavy (non-hydrogen) atoms. The van der Waals surface area contributed by atoms with Crippen molar-refractivity contribution in [3.8, 4) is 0 Å². The van der Waals surface area contributed by atoms with E-state index in [1.54, 1.807) is 0 Å². The molecular formula is C19H31N. The first kappa shape index (κ1) is 17.0. The van der Waals surface area contributed by atoms with Gasteiger partial charge in [-0.05, 0) is 38.3 Å². The van der Waals surface area contributed by atoms with Crippen LogP contribution in [0.25, 0.3) is 0 Å². The van der Waals surface area contributed by atoms with Gasteiger partial charge in [0.1, 0.15) is 0 Å². The first-order valence-corrected chi connectivity index (χ1v) is 8.03. The molecule has 0 amide bonds. The van der Waals surface area contributed by atoms with Crippen LogP contribution in [0.3, 0.4) is 0 Å². The van der Waals surface area contributed by atoms with E-state index in [1.807, 2.05) is 0 Å². The van der Waals surface area contributed by atoms with Crippen LogP contribution in [0.4, 0.5) is 0 Å². The summed E-state index contributed by atoms with van der Waals surface area (Å²) in [6, 6.07) is 11.4. The second-order valence-corrected chi connectivity index (χ2v) is 6.05. The van der Waals surface area contributed by atoms with E-state index in [0.29, 0.717) is 17.9 Å². The number of hydrogen-bond donors (Lipinski definition) is 1. The lowest BCUT2D eigenvalue weighted by Gasteiger charge is -2.31. The van der Waals surface area contributed by atoms with Crippen LogP contribution in [0.2, 0.25) is 0 Å². The van der Waals surface area contributed by atoms with Crippen LogP contribution in [0.15, 0.2) is 42.0 Å². The van der Waals surface area contributed by atoms with Crippen LogP contribution in [0.5, 0.6) is 0 Å². The minimum absolute atomic E-state index is 0.428. The highest BCUT2D eigenvalue weighted by Crippen LogP contribution is 2.31. The van der Waals surface area contributed by atoms with Crippen molar-refractivity contribution in [3.63, 3.8) is 0 Å². The maximum atomic E-state index is 3.74. The number of benzene rings is 1. The summed E-state index contributed by atoms with van der Waals surface area (Å²) >= 11 is 0. The lowest BCUT2D eigenvalue weighted by atomic mass is 9.79. The molecule has 0 bridgehead atoms. The first-order valence-electron chi connectivity index (χ1n) is 8.03. The summed E-state index contributed by atoms with van der Waals surface area (Å²) in [5, 5.41) is 3.74. The molecule has 0 aliphatic carbocycles. The van der Waals surface area contributed by atoms with Gasteiger partial charge in [0.05, 0.1) is 0 Å². The van der Waals surface area contributed by atoms with E-state index >= 15 is 0 Å². The Balaban J connectivity index is 3.07. The molecule has 112 valence electrons. The molecular weight excluding hydrogens is 242 g/mol. The van der Waals surface area contributed by atoms with Gasteiger partial charge >= 0.3 is 0 Å². The molecule has 3 atom stereocenters. The summed E-state index contributed by atoms with van der Waals surface area (Å²) < 4.78 is 0. The maximum absolute atomic E-state index is 3.74. The fraction of sp³-hybridized carbons (Fsp3) is 0.579.